The molecule has 6 nitrogen and oxygen atoms in total. The lowest BCUT2D eigenvalue weighted by Gasteiger charge is -2.27. The van der Waals surface area contributed by atoms with Gasteiger partial charge in [0.1, 0.15) is 10.6 Å². The summed E-state index contributed by atoms with van der Waals surface area (Å²) in [7, 11) is -0.287. The molecule has 1 heterocycles. The second-order valence-electron chi connectivity index (χ2n) is 6.53. The molecular formula is C17H25N3O3S. The molecule has 0 amide bonds. The minimum atomic E-state index is -3.64. The molecule has 0 saturated carbocycles. The highest BCUT2D eigenvalue weighted by Crippen LogP contribution is 2.31. The van der Waals surface area contributed by atoms with Crippen molar-refractivity contribution in [1.29, 1.82) is 0 Å². The molecule has 1 N–H and O–H groups in total. The van der Waals surface area contributed by atoms with Crippen molar-refractivity contribution in [3.63, 3.8) is 0 Å². The third-order valence-corrected chi connectivity index (χ3v) is 5.90. The molecule has 0 aliphatic rings. The number of hydrogen-bond acceptors (Lipinski definition) is 4. The summed E-state index contributed by atoms with van der Waals surface area (Å²) < 4.78 is 35.1. The van der Waals surface area contributed by atoms with Gasteiger partial charge in [-0.1, -0.05) is 32.0 Å². The van der Waals surface area contributed by atoms with Gasteiger partial charge in [-0.25, -0.2) is 13.1 Å². The number of benzene rings is 1. The first-order chi connectivity index (χ1) is 11.1. The van der Waals surface area contributed by atoms with E-state index in [2.05, 4.69) is 9.82 Å². The maximum Gasteiger partial charge on any atom is 0.244 e. The van der Waals surface area contributed by atoms with Crippen LogP contribution in [-0.2, 0) is 22.5 Å². The van der Waals surface area contributed by atoms with Crippen molar-refractivity contribution in [2.75, 3.05) is 13.7 Å². The zero-order valence-corrected chi connectivity index (χ0v) is 15.9. The molecule has 0 fully saturated rings. The van der Waals surface area contributed by atoms with E-state index in [9.17, 15) is 8.42 Å². The molecule has 0 aliphatic carbocycles. The number of rotatable bonds is 6. The van der Waals surface area contributed by atoms with Crippen LogP contribution in [0, 0.1) is 13.8 Å². The summed E-state index contributed by atoms with van der Waals surface area (Å²) in [5.74, 6) is 0.746. The standard InChI is InChI=1S/C17H25N3O3S/c1-12-16(13(2)20(5)19-12)24(21,22)18-11-17(3,4)14-9-7-8-10-15(14)23-6/h7-10,18H,11H2,1-6H3. The van der Waals surface area contributed by atoms with Crippen LogP contribution < -0.4 is 9.46 Å². The third kappa shape index (κ3) is 3.47. The van der Waals surface area contributed by atoms with E-state index >= 15 is 0 Å². The van der Waals surface area contributed by atoms with Crippen molar-refractivity contribution in [2.45, 2.75) is 38.0 Å². The molecule has 2 rings (SSSR count). The number of aryl methyl sites for hydroxylation is 2. The Bertz CT molecular complexity index is 839. The third-order valence-electron chi connectivity index (χ3n) is 4.25. The van der Waals surface area contributed by atoms with Gasteiger partial charge in [0.2, 0.25) is 10.0 Å². The monoisotopic (exact) mass is 351 g/mol. The molecular weight excluding hydrogens is 326 g/mol. The smallest absolute Gasteiger partial charge is 0.244 e. The van der Waals surface area contributed by atoms with Crippen LogP contribution in [0.25, 0.3) is 0 Å². The lowest BCUT2D eigenvalue weighted by molar-refractivity contribution is 0.391. The Labute approximate surface area is 143 Å². The largest absolute Gasteiger partial charge is 0.496 e. The highest BCUT2D eigenvalue weighted by molar-refractivity contribution is 7.89. The molecule has 1 aromatic heterocycles. The summed E-state index contributed by atoms with van der Waals surface area (Å²) in [4.78, 5) is 0.251. The van der Waals surface area contributed by atoms with Crippen LogP contribution in [0.3, 0.4) is 0 Å². The van der Waals surface area contributed by atoms with Gasteiger partial charge in [0.25, 0.3) is 0 Å². The van der Waals surface area contributed by atoms with Crippen molar-refractivity contribution < 1.29 is 13.2 Å². The van der Waals surface area contributed by atoms with Crippen LogP contribution in [-0.4, -0.2) is 31.9 Å². The van der Waals surface area contributed by atoms with E-state index in [-0.39, 0.29) is 11.4 Å². The summed E-state index contributed by atoms with van der Waals surface area (Å²) in [5.41, 5.74) is 1.64. The predicted molar refractivity (Wildman–Crippen MR) is 93.9 cm³/mol. The molecule has 0 unspecified atom stereocenters. The van der Waals surface area contributed by atoms with Crippen LogP contribution >= 0.6 is 0 Å². The van der Waals surface area contributed by atoms with Crippen LogP contribution in [0.2, 0.25) is 0 Å². The van der Waals surface area contributed by atoms with Gasteiger partial charge in [0, 0.05) is 24.6 Å². The summed E-state index contributed by atoms with van der Waals surface area (Å²) in [6.07, 6.45) is 0. The molecule has 0 radical (unpaired) electrons. The number of nitrogens with one attached hydrogen (secondary N) is 1. The van der Waals surface area contributed by atoms with Crippen LogP contribution in [0.5, 0.6) is 5.75 Å². The predicted octanol–water partition coefficient (Wildman–Crippen LogP) is 2.30. The van der Waals surface area contributed by atoms with E-state index in [1.165, 1.54) is 0 Å². The van der Waals surface area contributed by atoms with Crippen molar-refractivity contribution in [1.82, 2.24) is 14.5 Å². The Morgan fingerprint density at radius 1 is 1.25 bits per heavy atom. The Kier molecular flexibility index (Phi) is 5.05. The van der Waals surface area contributed by atoms with Crippen LogP contribution in [0.4, 0.5) is 0 Å². The summed E-state index contributed by atoms with van der Waals surface area (Å²) in [6.45, 7) is 7.67. The molecule has 2 aromatic rings. The van der Waals surface area contributed by atoms with E-state index in [4.69, 9.17) is 4.74 Å². The number of ether oxygens (including phenoxy) is 1. The molecule has 24 heavy (non-hydrogen) atoms. The van der Waals surface area contributed by atoms with Crippen molar-refractivity contribution >= 4 is 10.0 Å². The fraction of sp³-hybridized carbons (Fsp3) is 0.471. The molecule has 0 spiro atoms. The number of nitrogens with zero attached hydrogens (tertiary/aromatic N) is 2. The number of sulfonamides is 1. The zero-order valence-electron chi connectivity index (χ0n) is 15.0. The zero-order chi connectivity index (χ0) is 18.1. The van der Waals surface area contributed by atoms with Crippen molar-refractivity contribution in [3.05, 3.63) is 41.2 Å². The topological polar surface area (TPSA) is 73.2 Å². The molecule has 7 heteroatoms. The normalized spacial score (nSPS) is 12.4. The minimum Gasteiger partial charge on any atom is -0.496 e. The van der Waals surface area contributed by atoms with E-state index in [1.54, 1.807) is 32.7 Å². The molecule has 0 saturated heterocycles. The Balaban J connectivity index is 2.28. The summed E-state index contributed by atoms with van der Waals surface area (Å²) >= 11 is 0. The van der Waals surface area contributed by atoms with E-state index in [1.807, 2.05) is 38.1 Å². The van der Waals surface area contributed by atoms with Gasteiger partial charge in [-0.2, -0.15) is 5.10 Å². The first-order valence-corrected chi connectivity index (χ1v) is 9.22. The molecule has 132 valence electrons. The minimum absolute atomic E-state index is 0.251. The van der Waals surface area contributed by atoms with Crippen LogP contribution in [0.1, 0.15) is 30.8 Å². The van der Waals surface area contributed by atoms with Gasteiger partial charge in [-0.15, -0.1) is 0 Å². The van der Waals surface area contributed by atoms with Gasteiger partial charge in [-0.3, -0.25) is 4.68 Å². The number of hydrogen-bond donors (Lipinski definition) is 1. The maximum absolute atomic E-state index is 12.7. The van der Waals surface area contributed by atoms with Gasteiger partial charge in [0.15, 0.2) is 0 Å². The first kappa shape index (κ1) is 18.5. The van der Waals surface area contributed by atoms with E-state index in [0.717, 1.165) is 11.3 Å². The lowest BCUT2D eigenvalue weighted by atomic mass is 9.84. The fourth-order valence-corrected chi connectivity index (χ4v) is 4.44. The van der Waals surface area contributed by atoms with E-state index < -0.39 is 15.4 Å². The molecule has 0 aliphatic heterocycles. The average molecular weight is 351 g/mol. The highest BCUT2D eigenvalue weighted by Gasteiger charge is 2.29. The van der Waals surface area contributed by atoms with Gasteiger partial charge in [0.05, 0.1) is 18.5 Å². The molecule has 0 atom stereocenters. The number of aromatic nitrogens is 2. The Hall–Kier alpha value is -1.86. The number of methoxy groups -OCH3 is 1. The van der Waals surface area contributed by atoms with Crippen molar-refractivity contribution in [3.8, 4) is 5.75 Å². The van der Waals surface area contributed by atoms with Crippen LogP contribution in [0.15, 0.2) is 29.2 Å². The summed E-state index contributed by atoms with van der Waals surface area (Å²) in [6, 6.07) is 7.64. The number of para-hydroxylation sites is 1. The fourth-order valence-electron chi connectivity index (χ4n) is 2.79. The van der Waals surface area contributed by atoms with Crippen molar-refractivity contribution in [2.24, 2.45) is 7.05 Å². The Morgan fingerprint density at radius 2 is 1.88 bits per heavy atom. The first-order valence-electron chi connectivity index (χ1n) is 7.73. The lowest BCUT2D eigenvalue weighted by Crippen LogP contribution is -2.37. The molecule has 0 bridgehead atoms. The average Bonchev–Trinajstić information content (AvgIpc) is 2.78. The Morgan fingerprint density at radius 3 is 2.42 bits per heavy atom. The van der Waals surface area contributed by atoms with Gasteiger partial charge in [-0.05, 0) is 19.9 Å². The quantitative estimate of drug-likeness (QED) is 0.867. The maximum atomic E-state index is 12.7. The van der Waals surface area contributed by atoms with Gasteiger partial charge < -0.3 is 4.74 Å². The van der Waals surface area contributed by atoms with Gasteiger partial charge >= 0.3 is 0 Å². The molecule has 1 aromatic carbocycles. The second-order valence-corrected chi connectivity index (χ2v) is 8.24. The second kappa shape index (κ2) is 6.57. The SMILES string of the molecule is COc1ccccc1C(C)(C)CNS(=O)(=O)c1c(C)nn(C)c1C. The summed E-state index contributed by atoms with van der Waals surface area (Å²) in [5, 5.41) is 4.18. The highest BCUT2D eigenvalue weighted by atomic mass is 32.2. The van der Waals surface area contributed by atoms with E-state index in [0.29, 0.717) is 11.4 Å².